The van der Waals surface area contributed by atoms with Crippen molar-refractivity contribution >= 4 is 17.5 Å². The Morgan fingerprint density at radius 2 is 2.05 bits per heavy atom. The molecule has 1 aliphatic rings. The highest BCUT2D eigenvalue weighted by Crippen LogP contribution is 2.64. The van der Waals surface area contributed by atoms with E-state index in [0.717, 1.165) is 12.5 Å². The molecule has 0 radical (unpaired) electrons. The van der Waals surface area contributed by atoms with Crippen molar-refractivity contribution in [2.24, 2.45) is 5.41 Å². The predicted octanol–water partition coefficient (Wildman–Crippen LogP) is 2.99. The monoisotopic (exact) mass is 287 g/mol. The van der Waals surface area contributed by atoms with E-state index in [1.54, 1.807) is 0 Å². The molecule has 0 aliphatic heterocycles. The third-order valence-electron chi connectivity index (χ3n) is 4.07. The maximum absolute atomic E-state index is 14.0. The second-order valence-corrected chi connectivity index (χ2v) is 5.94. The summed E-state index contributed by atoms with van der Waals surface area (Å²) in [5, 5.41) is 2.70. The Bertz CT molecular complexity index is 518. The topological polar surface area (TPSA) is 29.1 Å². The van der Waals surface area contributed by atoms with Gasteiger partial charge < -0.3 is 5.32 Å². The van der Waals surface area contributed by atoms with Crippen LogP contribution in [0.3, 0.4) is 0 Å². The zero-order valence-electron chi connectivity index (χ0n) is 10.9. The lowest BCUT2D eigenvalue weighted by atomic mass is 9.87. The minimum atomic E-state index is -0.598. The summed E-state index contributed by atoms with van der Waals surface area (Å²) in [4.78, 5) is 11.3. The van der Waals surface area contributed by atoms with Crippen LogP contribution in [0.15, 0.2) is 18.2 Å². The summed E-state index contributed by atoms with van der Waals surface area (Å²) < 4.78 is 26.9. The molecule has 1 aliphatic carbocycles. The number of amides is 1. The van der Waals surface area contributed by atoms with E-state index in [2.05, 4.69) is 5.32 Å². The summed E-state index contributed by atoms with van der Waals surface area (Å²) in [5.41, 5.74) is -0.161. The van der Waals surface area contributed by atoms with Gasteiger partial charge in [0.05, 0.1) is 0 Å². The zero-order valence-corrected chi connectivity index (χ0v) is 11.7. The molecule has 5 heteroatoms. The molecule has 0 saturated heterocycles. The molecule has 1 aromatic rings. The standard InChI is InChI=1S/C14H16ClF2NO/c1-13(2)7-14(13,8-18-12(19)6-15)10-4-3-9(16)5-11(10)17/h3-5H,6-8H2,1-2H3,(H,18,19). The first-order chi connectivity index (χ1) is 8.82. The molecule has 1 aromatic carbocycles. The van der Waals surface area contributed by atoms with Crippen LogP contribution in [0.4, 0.5) is 8.78 Å². The molecule has 1 saturated carbocycles. The number of carbonyl (C=O) groups is 1. The minimum Gasteiger partial charge on any atom is -0.354 e. The van der Waals surface area contributed by atoms with Crippen molar-refractivity contribution in [1.82, 2.24) is 5.32 Å². The first-order valence-corrected chi connectivity index (χ1v) is 6.64. The number of benzene rings is 1. The van der Waals surface area contributed by atoms with Gasteiger partial charge >= 0.3 is 0 Å². The van der Waals surface area contributed by atoms with E-state index in [0.29, 0.717) is 12.1 Å². The van der Waals surface area contributed by atoms with Gasteiger partial charge in [0.2, 0.25) is 5.91 Å². The molecule has 0 bridgehead atoms. The number of hydrogen-bond acceptors (Lipinski definition) is 1. The summed E-state index contributed by atoms with van der Waals surface area (Å²) >= 11 is 5.43. The number of rotatable bonds is 4. The number of alkyl halides is 1. The Balaban J connectivity index is 2.28. The van der Waals surface area contributed by atoms with Gasteiger partial charge in [-0.15, -0.1) is 11.6 Å². The van der Waals surface area contributed by atoms with Crippen LogP contribution in [0.2, 0.25) is 0 Å². The summed E-state index contributed by atoms with van der Waals surface area (Å²) in [5.74, 6) is -1.57. The molecule has 0 spiro atoms. The average molecular weight is 288 g/mol. The van der Waals surface area contributed by atoms with Gasteiger partial charge in [-0.3, -0.25) is 4.79 Å². The smallest absolute Gasteiger partial charge is 0.234 e. The zero-order chi connectivity index (χ0) is 14.3. The molecule has 1 fully saturated rings. The lowest BCUT2D eigenvalue weighted by Crippen LogP contribution is -2.36. The van der Waals surface area contributed by atoms with Gasteiger partial charge in [-0.2, -0.15) is 0 Å². The molecule has 0 aromatic heterocycles. The quantitative estimate of drug-likeness (QED) is 0.848. The molecule has 104 valence electrons. The summed E-state index contributed by atoms with van der Waals surface area (Å²) in [6.45, 7) is 4.32. The fourth-order valence-electron chi connectivity index (χ4n) is 2.74. The Morgan fingerprint density at radius 1 is 1.42 bits per heavy atom. The fourth-order valence-corrected chi connectivity index (χ4v) is 2.84. The van der Waals surface area contributed by atoms with Crippen molar-refractivity contribution in [2.75, 3.05) is 12.4 Å². The van der Waals surface area contributed by atoms with E-state index >= 15 is 0 Å². The highest BCUT2D eigenvalue weighted by molar-refractivity contribution is 6.27. The third-order valence-corrected chi connectivity index (χ3v) is 4.31. The molecule has 2 rings (SSSR count). The fraction of sp³-hybridized carbons (Fsp3) is 0.500. The molecule has 1 unspecified atom stereocenters. The van der Waals surface area contributed by atoms with E-state index in [-0.39, 0.29) is 17.2 Å². The van der Waals surface area contributed by atoms with Crippen LogP contribution in [0.25, 0.3) is 0 Å². The normalized spacial score (nSPS) is 24.1. The first kappa shape index (κ1) is 14.3. The Kier molecular flexibility index (Phi) is 3.56. The number of halogens is 3. The Morgan fingerprint density at radius 3 is 2.53 bits per heavy atom. The van der Waals surface area contributed by atoms with E-state index < -0.39 is 17.0 Å². The van der Waals surface area contributed by atoms with E-state index in [4.69, 9.17) is 11.6 Å². The van der Waals surface area contributed by atoms with Crippen molar-refractivity contribution in [3.63, 3.8) is 0 Å². The SMILES string of the molecule is CC1(C)CC1(CNC(=O)CCl)c1ccc(F)cc1F. The van der Waals surface area contributed by atoms with Crippen LogP contribution < -0.4 is 5.32 Å². The van der Waals surface area contributed by atoms with Gasteiger partial charge in [0.25, 0.3) is 0 Å². The lowest BCUT2D eigenvalue weighted by molar-refractivity contribution is -0.118. The van der Waals surface area contributed by atoms with Crippen LogP contribution in [0.1, 0.15) is 25.8 Å². The van der Waals surface area contributed by atoms with Crippen molar-refractivity contribution < 1.29 is 13.6 Å². The summed E-state index contributed by atoms with van der Waals surface area (Å²) in [6.07, 6.45) is 0.741. The molecular formula is C14H16ClF2NO. The molecule has 19 heavy (non-hydrogen) atoms. The predicted molar refractivity (Wildman–Crippen MR) is 70.2 cm³/mol. The van der Waals surface area contributed by atoms with E-state index in [1.807, 2.05) is 13.8 Å². The van der Waals surface area contributed by atoms with E-state index in [9.17, 15) is 13.6 Å². The number of nitrogens with one attached hydrogen (secondary N) is 1. The maximum Gasteiger partial charge on any atom is 0.234 e. The van der Waals surface area contributed by atoms with Crippen LogP contribution >= 0.6 is 11.6 Å². The Hall–Kier alpha value is -1.16. The van der Waals surface area contributed by atoms with Gasteiger partial charge in [0.15, 0.2) is 0 Å². The molecule has 2 nitrogen and oxygen atoms in total. The maximum atomic E-state index is 14.0. The molecular weight excluding hydrogens is 272 g/mol. The second kappa shape index (κ2) is 4.75. The van der Waals surface area contributed by atoms with Gasteiger partial charge in [0, 0.05) is 18.0 Å². The highest BCUT2D eigenvalue weighted by atomic mass is 35.5. The second-order valence-electron chi connectivity index (χ2n) is 5.68. The molecule has 1 atom stereocenters. The van der Waals surface area contributed by atoms with E-state index in [1.165, 1.54) is 12.1 Å². The summed E-state index contributed by atoms with van der Waals surface area (Å²) in [6, 6.07) is 3.60. The van der Waals surface area contributed by atoms with Crippen LogP contribution in [0.5, 0.6) is 0 Å². The average Bonchev–Trinajstić information content (AvgIpc) is 2.89. The molecule has 1 amide bonds. The largest absolute Gasteiger partial charge is 0.354 e. The van der Waals surface area contributed by atoms with Gasteiger partial charge in [-0.1, -0.05) is 19.9 Å². The van der Waals surface area contributed by atoms with Gasteiger partial charge in [-0.25, -0.2) is 8.78 Å². The number of hydrogen-bond donors (Lipinski definition) is 1. The van der Waals surface area contributed by atoms with Gasteiger partial charge in [-0.05, 0) is 23.5 Å². The molecule has 0 heterocycles. The first-order valence-electron chi connectivity index (χ1n) is 6.11. The van der Waals surface area contributed by atoms with Crippen molar-refractivity contribution in [3.8, 4) is 0 Å². The third kappa shape index (κ3) is 2.46. The van der Waals surface area contributed by atoms with Crippen LogP contribution in [0, 0.1) is 17.0 Å². The van der Waals surface area contributed by atoms with Crippen LogP contribution in [-0.2, 0) is 10.2 Å². The van der Waals surface area contributed by atoms with Crippen molar-refractivity contribution in [1.29, 1.82) is 0 Å². The minimum absolute atomic E-state index is 0.123. The van der Waals surface area contributed by atoms with Gasteiger partial charge in [0.1, 0.15) is 17.5 Å². The molecule has 1 N–H and O–H groups in total. The number of carbonyl (C=O) groups excluding carboxylic acids is 1. The van der Waals surface area contributed by atoms with Crippen LogP contribution in [-0.4, -0.2) is 18.3 Å². The van der Waals surface area contributed by atoms with Crippen molar-refractivity contribution in [2.45, 2.75) is 25.7 Å². The highest BCUT2D eigenvalue weighted by Gasteiger charge is 2.62. The lowest BCUT2D eigenvalue weighted by Gasteiger charge is -2.22. The van der Waals surface area contributed by atoms with Crippen molar-refractivity contribution in [3.05, 3.63) is 35.4 Å². The summed E-state index contributed by atoms with van der Waals surface area (Å²) in [7, 11) is 0. The Labute approximate surface area is 116 Å².